The largest absolute Gasteiger partial charge is 0.302 e. The molecule has 2 heterocycles. The first-order valence-corrected chi connectivity index (χ1v) is 13.2. The second-order valence-electron chi connectivity index (χ2n) is 5.62. The maximum Gasteiger partial charge on any atom is 0.273 e. The zero-order valence-corrected chi connectivity index (χ0v) is 19.6. The van der Waals surface area contributed by atoms with Crippen molar-refractivity contribution in [2.45, 2.75) is 15.3 Å². The monoisotopic (exact) mass is 526 g/mol. The molecule has 0 aliphatic heterocycles. The summed E-state index contributed by atoms with van der Waals surface area (Å²) in [6, 6.07) is 5.34. The Bertz CT molecular complexity index is 1300. The highest BCUT2D eigenvalue weighted by molar-refractivity contribution is 7.95. The van der Waals surface area contributed by atoms with Crippen LogP contribution in [0.25, 0.3) is 0 Å². The van der Waals surface area contributed by atoms with E-state index in [2.05, 4.69) is 19.7 Å². The van der Waals surface area contributed by atoms with Crippen molar-refractivity contribution < 1.29 is 21.6 Å². The summed E-state index contributed by atoms with van der Waals surface area (Å²) in [5.41, 5.74) is -0.257. The molecular weight excluding hydrogens is 515 g/mol. The van der Waals surface area contributed by atoms with Gasteiger partial charge in [-0.3, -0.25) is 14.2 Å². The number of rotatable bonds is 7. The summed E-state index contributed by atoms with van der Waals surface area (Å²) in [5, 5.41) is 4.10. The van der Waals surface area contributed by atoms with Gasteiger partial charge >= 0.3 is 0 Å². The van der Waals surface area contributed by atoms with E-state index in [1.54, 1.807) is 11.4 Å². The number of benzene rings is 1. The fraction of sp³-hybridized carbons (Fsp3) is 0.0667. The fourth-order valence-electron chi connectivity index (χ4n) is 2.11. The lowest BCUT2D eigenvalue weighted by molar-refractivity contribution is -0.114. The van der Waals surface area contributed by atoms with E-state index in [4.69, 9.17) is 23.2 Å². The third-order valence-electron chi connectivity index (χ3n) is 3.34. The fourth-order valence-corrected chi connectivity index (χ4v) is 6.65. The predicted octanol–water partition coefficient (Wildman–Crippen LogP) is 4.07. The Morgan fingerprint density at radius 3 is 2.07 bits per heavy atom. The lowest BCUT2D eigenvalue weighted by Crippen LogP contribution is -2.16. The first-order chi connectivity index (χ1) is 14.0. The first-order valence-electron chi connectivity index (χ1n) is 7.79. The van der Waals surface area contributed by atoms with Crippen molar-refractivity contribution in [2.75, 3.05) is 14.8 Å². The van der Waals surface area contributed by atoms with Crippen LogP contribution in [-0.2, 0) is 24.8 Å². The number of carbonyl (C=O) groups excluding carboxylic acids is 1. The molecule has 0 atom stereocenters. The molecule has 3 rings (SSSR count). The van der Waals surface area contributed by atoms with E-state index >= 15 is 0 Å². The Hall–Kier alpha value is -1.90. The van der Waals surface area contributed by atoms with Gasteiger partial charge in [0, 0.05) is 6.92 Å². The molecule has 0 aliphatic carbocycles. The van der Waals surface area contributed by atoms with Crippen LogP contribution in [0.5, 0.6) is 0 Å². The minimum atomic E-state index is -4.17. The molecule has 0 spiro atoms. The smallest absolute Gasteiger partial charge is 0.273 e. The lowest BCUT2D eigenvalue weighted by atomic mass is 10.3. The van der Waals surface area contributed by atoms with Crippen molar-refractivity contribution in [1.29, 1.82) is 0 Å². The number of nitrogens with one attached hydrogen (secondary N) is 3. The van der Waals surface area contributed by atoms with Gasteiger partial charge in [-0.25, -0.2) is 21.8 Å². The molecule has 0 saturated heterocycles. The average Bonchev–Trinajstić information content (AvgIpc) is 3.30. The maximum absolute atomic E-state index is 12.7. The first kappa shape index (κ1) is 22.8. The second kappa shape index (κ2) is 8.69. The number of anilines is 3. The lowest BCUT2D eigenvalue weighted by Gasteiger charge is -2.14. The molecule has 0 aliphatic rings. The summed E-state index contributed by atoms with van der Waals surface area (Å²) in [5.74, 6) is -0.406. The van der Waals surface area contributed by atoms with Gasteiger partial charge < -0.3 is 5.32 Å². The van der Waals surface area contributed by atoms with E-state index in [0.717, 1.165) is 28.9 Å². The van der Waals surface area contributed by atoms with Crippen molar-refractivity contribution >= 4 is 88.3 Å². The average molecular weight is 527 g/mol. The van der Waals surface area contributed by atoms with E-state index in [1.807, 2.05) is 0 Å². The molecule has 15 heteroatoms. The van der Waals surface area contributed by atoms with E-state index in [1.165, 1.54) is 25.1 Å². The van der Waals surface area contributed by atoms with E-state index in [9.17, 15) is 21.6 Å². The molecule has 0 bridgehead atoms. The summed E-state index contributed by atoms with van der Waals surface area (Å²) in [6.45, 7) is 1.26. The maximum atomic E-state index is 12.7. The van der Waals surface area contributed by atoms with Crippen LogP contribution in [0.4, 0.5) is 16.5 Å². The van der Waals surface area contributed by atoms with Crippen molar-refractivity contribution in [2.24, 2.45) is 0 Å². The highest BCUT2D eigenvalue weighted by atomic mass is 35.5. The van der Waals surface area contributed by atoms with Crippen LogP contribution in [0.3, 0.4) is 0 Å². The standard InChI is InChI=1S/C15H12Cl2N4O5S4/c1-8(22)19-15-18-7-14(28-15)30(25,26)21-12-6-10(17)9(16)5-11(12)20-29(23,24)13-3-2-4-27-13/h2-7,20-21H,1H3,(H,18,19,22). The van der Waals surface area contributed by atoms with Gasteiger partial charge in [0.15, 0.2) is 9.34 Å². The number of amides is 1. The van der Waals surface area contributed by atoms with Crippen molar-refractivity contribution in [1.82, 2.24) is 4.98 Å². The van der Waals surface area contributed by atoms with Crippen LogP contribution in [0.1, 0.15) is 6.92 Å². The summed E-state index contributed by atoms with van der Waals surface area (Å²) < 4.78 is 55.0. The van der Waals surface area contributed by atoms with Crippen LogP contribution < -0.4 is 14.8 Å². The van der Waals surface area contributed by atoms with Crippen LogP contribution in [0.2, 0.25) is 10.0 Å². The zero-order valence-electron chi connectivity index (χ0n) is 14.8. The van der Waals surface area contributed by atoms with Gasteiger partial charge in [0.05, 0.1) is 27.6 Å². The van der Waals surface area contributed by atoms with Gasteiger partial charge in [0.2, 0.25) is 5.91 Å². The number of halogens is 2. The van der Waals surface area contributed by atoms with Gasteiger partial charge in [0.1, 0.15) is 4.21 Å². The zero-order chi connectivity index (χ0) is 22.1. The number of nitrogens with zero attached hydrogens (tertiary/aromatic N) is 1. The van der Waals surface area contributed by atoms with Gasteiger partial charge in [-0.05, 0) is 23.6 Å². The molecule has 1 aromatic carbocycles. The highest BCUT2D eigenvalue weighted by Gasteiger charge is 2.23. The molecule has 0 fully saturated rings. The van der Waals surface area contributed by atoms with Gasteiger partial charge in [0.25, 0.3) is 20.0 Å². The molecule has 0 radical (unpaired) electrons. The molecule has 1 amide bonds. The van der Waals surface area contributed by atoms with Crippen LogP contribution in [0, 0.1) is 0 Å². The van der Waals surface area contributed by atoms with E-state index in [-0.39, 0.29) is 35.0 Å². The molecule has 0 unspecified atom stereocenters. The van der Waals surface area contributed by atoms with E-state index < -0.39 is 26.0 Å². The Labute approximate surface area is 190 Å². The third-order valence-corrected chi connectivity index (χ3v) is 9.57. The Kier molecular flexibility index (Phi) is 6.60. The number of thiophene rings is 1. The quantitative estimate of drug-likeness (QED) is 0.424. The van der Waals surface area contributed by atoms with E-state index in [0.29, 0.717) is 0 Å². The summed E-state index contributed by atoms with van der Waals surface area (Å²) in [7, 11) is -8.15. The molecular formula is C15H12Cl2N4O5S4. The van der Waals surface area contributed by atoms with Crippen molar-refractivity contribution in [3.8, 4) is 0 Å². The number of hydrogen-bond donors (Lipinski definition) is 3. The summed E-state index contributed by atoms with van der Waals surface area (Å²) in [4.78, 5) is 14.9. The second-order valence-corrected chi connectivity index (χ2v) is 12.2. The predicted molar refractivity (Wildman–Crippen MR) is 119 cm³/mol. The molecule has 0 saturated carbocycles. The van der Waals surface area contributed by atoms with Crippen LogP contribution in [0.15, 0.2) is 44.3 Å². The van der Waals surface area contributed by atoms with Crippen molar-refractivity contribution in [3.05, 3.63) is 45.9 Å². The highest BCUT2D eigenvalue weighted by Crippen LogP contribution is 2.36. The molecule has 160 valence electrons. The normalized spacial score (nSPS) is 11.8. The topological polar surface area (TPSA) is 134 Å². The number of aromatic nitrogens is 1. The molecule has 9 nitrogen and oxygen atoms in total. The minimum Gasteiger partial charge on any atom is -0.302 e. The molecule has 3 N–H and O–H groups in total. The molecule has 2 aromatic heterocycles. The minimum absolute atomic E-state index is 0.0108. The molecule has 30 heavy (non-hydrogen) atoms. The number of carbonyl (C=O) groups is 1. The number of hydrogen-bond acceptors (Lipinski definition) is 8. The van der Waals surface area contributed by atoms with Crippen LogP contribution >= 0.6 is 45.9 Å². The summed E-state index contributed by atoms with van der Waals surface area (Å²) >= 11 is 13.7. The van der Waals surface area contributed by atoms with Crippen molar-refractivity contribution in [3.63, 3.8) is 0 Å². The van der Waals surface area contributed by atoms with Gasteiger partial charge in [-0.15, -0.1) is 11.3 Å². The van der Waals surface area contributed by atoms with Crippen LogP contribution in [-0.4, -0.2) is 27.7 Å². The number of sulfonamides is 2. The molecule has 3 aromatic rings. The third kappa shape index (κ3) is 5.22. The Morgan fingerprint density at radius 1 is 1.00 bits per heavy atom. The Balaban J connectivity index is 1.96. The van der Waals surface area contributed by atoms with Gasteiger partial charge in [-0.2, -0.15) is 0 Å². The SMILES string of the molecule is CC(=O)Nc1ncc(S(=O)(=O)Nc2cc(Cl)c(Cl)cc2NS(=O)(=O)c2cccs2)s1. The number of thiazole rings is 1. The summed E-state index contributed by atoms with van der Waals surface area (Å²) in [6.07, 6.45) is 1.06. The van der Waals surface area contributed by atoms with Gasteiger partial charge in [-0.1, -0.05) is 40.6 Å². The Morgan fingerprint density at radius 2 is 1.57 bits per heavy atom.